The Bertz CT molecular complexity index is 930. The van der Waals surface area contributed by atoms with Crippen LogP contribution in [0, 0.1) is 18.8 Å². The number of benzene rings is 1. The molecule has 1 aromatic rings. The normalized spacial score (nSPS) is 20.6. The first-order valence-electron chi connectivity index (χ1n) is 9.90. The predicted octanol–water partition coefficient (Wildman–Crippen LogP) is 2.36. The lowest BCUT2D eigenvalue weighted by Crippen LogP contribution is -2.48. The lowest BCUT2D eigenvalue weighted by Gasteiger charge is -2.37. The first kappa shape index (κ1) is 33.5. The number of nitrogens with one attached hydrogen (secondary N) is 1. The molecule has 0 aromatic heterocycles. The van der Waals surface area contributed by atoms with Gasteiger partial charge in [0.1, 0.15) is 10.1 Å². The van der Waals surface area contributed by atoms with E-state index in [4.69, 9.17) is 10.6 Å². The lowest BCUT2D eigenvalue weighted by molar-refractivity contribution is -0.190. The maximum atomic E-state index is 11.3. The van der Waals surface area contributed by atoms with E-state index in [2.05, 4.69) is 19.2 Å². The molecule has 4 atom stereocenters. The molecule has 0 bridgehead atoms. The van der Waals surface area contributed by atoms with E-state index in [9.17, 15) is 27.2 Å². The predicted molar refractivity (Wildman–Crippen MR) is 127 cm³/mol. The third-order valence-electron chi connectivity index (χ3n) is 4.92. The third kappa shape index (κ3) is 11.9. The van der Waals surface area contributed by atoms with Crippen molar-refractivity contribution in [1.82, 2.24) is 17.6 Å². The summed E-state index contributed by atoms with van der Waals surface area (Å²) in [5.74, 6) is 0.263. The van der Waals surface area contributed by atoms with Gasteiger partial charge in [-0.2, -0.15) is 0 Å². The zero-order chi connectivity index (χ0) is 24.0. The molecule has 33 heavy (non-hydrogen) atoms. The Kier molecular flexibility index (Phi) is 14.2. The third-order valence-corrected chi connectivity index (χ3v) is 6.86. The van der Waals surface area contributed by atoms with Crippen molar-refractivity contribution < 1.29 is 32.1 Å². The van der Waals surface area contributed by atoms with E-state index < -0.39 is 17.7 Å². The van der Waals surface area contributed by atoms with E-state index in [-0.39, 0.29) is 52.8 Å². The summed E-state index contributed by atoms with van der Waals surface area (Å²) in [4.78, 5) is 31.4. The highest BCUT2D eigenvalue weighted by Gasteiger charge is 2.32. The number of carbonyl (C=O) groups is 1. The van der Waals surface area contributed by atoms with Gasteiger partial charge in [0.15, 0.2) is 7.60 Å². The van der Waals surface area contributed by atoms with Gasteiger partial charge in [0.25, 0.3) is 0 Å². The minimum Gasteiger partial charge on any atom is -0.775 e. The Morgan fingerprint density at radius 1 is 1.27 bits per heavy atom. The van der Waals surface area contributed by atoms with Crippen molar-refractivity contribution in [3.05, 3.63) is 41.2 Å². The summed E-state index contributed by atoms with van der Waals surface area (Å²) in [6.07, 6.45) is 2.88. The number of hydrogen-bond donors (Lipinski definition) is 5. The molecule has 0 radical (unpaired) electrons. The Balaban J connectivity index is 0. The molecule has 0 saturated heterocycles. The molecule has 0 aliphatic heterocycles. The van der Waals surface area contributed by atoms with Crippen LogP contribution in [0.25, 0.3) is 0 Å². The first-order chi connectivity index (χ1) is 14.1. The lowest BCUT2D eigenvalue weighted by atomic mass is 9.80. The first-order valence-corrected chi connectivity index (χ1v) is 12.9. The standard InChI is InChI=1S/C13H25N2O4P.C7H8O3S.2H3N/c1-8(2)6-13(15-9(3)16)11-5-4-10(7-12(11)14)20(17,18)19;1-6-2-4-7(5-3-6)11(8,9)10;;/h4,8,11-13H,5-7,14H2,1-3H3,(H,15,16)(H2,17,18,19);2-5H,1H3,(H,8,9,10);2*1H3/t11-,12-,13-;;;/m0.../s1. The second-order valence-corrected chi connectivity index (χ2v) is 11.2. The van der Waals surface area contributed by atoms with Gasteiger partial charge in [-0.15, -0.1) is 0 Å². The van der Waals surface area contributed by atoms with Crippen LogP contribution in [-0.4, -0.2) is 35.9 Å². The van der Waals surface area contributed by atoms with Gasteiger partial charge in [0.2, 0.25) is 5.91 Å². The van der Waals surface area contributed by atoms with Gasteiger partial charge in [-0.05, 0) is 55.5 Å². The fraction of sp³-hybridized carbons (Fsp3) is 0.550. The molecule has 2 rings (SSSR count). The Morgan fingerprint density at radius 2 is 1.79 bits per heavy atom. The second kappa shape index (κ2) is 13.9. The van der Waals surface area contributed by atoms with Crippen molar-refractivity contribution in [2.75, 3.05) is 0 Å². The minimum absolute atomic E-state index is 0. The molecular weight excluding hydrogens is 471 g/mol. The van der Waals surface area contributed by atoms with Crippen molar-refractivity contribution in [2.45, 2.75) is 63.9 Å². The molecule has 1 aliphatic carbocycles. The fourth-order valence-corrected chi connectivity index (χ4v) is 4.68. The van der Waals surface area contributed by atoms with Crippen LogP contribution in [0.4, 0.5) is 0 Å². The zero-order valence-electron chi connectivity index (χ0n) is 20.1. The Labute approximate surface area is 196 Å². The van der Waals surface area contributed by atoms with Crippen molar-refractivity contribution in [1.29, 1.82) is 0 Å². The molecule has 0 saturated carbocycles. The topological polar surface area (TPSA) is 246 Å². The largest absolute Gasteiger partial charge is 0.775 e. The number of rotatable bonds is 6. The van der Waals surface area contributed by atoms with Gasteiger partial charge in [0.05, 0.1) is 4.90 Å². The minimum atomic E-state index is -4.45. The van der Waals surface area contributed by atoms with Crippen LogP contribution in [0.1, 0.15) is 45.6 Å². The average molecular weight is 511 g/mol. The number of allylic oxidation sites excluding steroid dienone is 1. The average Bonchev–Trinajstić information content (AvgIpc) is 2.59. The van der Waals surface area contributed by atoms with E-state index in [0.717, 1.165) is 12.0 Å². The maximum Gasteiger partial charge on any atom is 0.217 e. The van der Waals surface area contributed by atoms with Gasteiger partial charge in [-0.1, -0.05) is 37.6 Å². The summed E-state index contributed by atoms with van der Waals surface area (Å²) in [5, 5.41) is 2.91. The van der Waals surface area contributed by atoms with Gasteiger partial charge in [-0.25, -0.2) is 8.42 Å². The van der Waals surface area contributed by atoms with Crippen molar-refractivity contribution in [2.24, 2.45) is 17.6 Å². The van der Waals surface area contributed by atoms with Crippen molar-refractivity contribution in [3.63, 3.8) is 0 Å². The number of quaternary nitrogens is 2. The highest BCUT2D eigenvalue weighted by Crippen LogP contribution is 2.46. The van der Waals surface area contributed by atoms with Gasteiger partial charge < -0.3 is 42.3 Å². The number of hydrogen-bond acceptors (Lipinski definition) is 7. The van der Waals surface area contributed by atoms with E-state index in [1.807, 2.05) is 6.92 Å². The quantitative estimate of drug-likeness (QED) is 0.280. The van der Waals surface area contributed by atoms with Crippen LogP contribution in [0.5, 0.6) is 0 Å². The molecule has 13 heteroatoms. The fourth-order valence-electron chi connectivity index (χ4n) is 3.43. The zero-order valence-corrected chi connectivity index (χ0v) is 21.9. The molecule has 0 spiro atoms. The number of aryl methyl sites for hydroxylation is 1. The second-order valence-electron chi connectivity index (χ2n) is 8.19. The van der Waals surface area contributed by atoms with Crippen LogP contribution in [-0.2, 0) is 19.5 Å². The van der Waals surface area contributed by atoms with Crippen LogP contribution >= 0.6 is 7.60 Å². The number of amides is 1. The van der Waals surface area contributed by atoms with E-state index in [1.165, 1.54) is 25.1 Å². The highest BCUT2D eigenvalue weighted by molar-refractivity contribution is 7.85. The Morgan fingerprint density at radius 3 is 2.15 bits per heavy atom. The summed E-state index contributed by atoms with van der Waals surface area (Å²) in [7, 11) is -8.72. The summed E-state index contributed by atoms with van der Waals surface area (Å²) in [5.41, 5.74) is 6.98. The molecule has 192 valence electrons. The highest BCUT2D eigenvalue weighted by atomic mass is 32.2. The summed E-state index contributed by atoms with van der Waals surface area (Å²) >= 11 is 0. The summed E-state index contributed by atoms with van der Waals surface area (Å²) in [6, 6.07) is 5.32. The number of carbonyl (C=O) groups excluding carboxylic acids is 1. The molecular formula is C20H39N4O7PS. The molecule has 0 heterocycles. The van der Waals surface area contributed by atoms with Gasteiger partial charge in [0, 0.05) is 19.0 Å². The van der Waals surface area contributed by atoms with E-state index in [0.29, 0.717) is 12.3 Å². The van der Waals surface area contributed by atoms with Crippen LogP contribution < -0.4 is 28.2 Å². The molecule has 11 nitrogen and oxygen atoms in total. The molecule has 1 unspecified atom stereocenters. The Hall–Kier alpha value is -1.63. The molecule has 12 N–H and O–H groups in total. The van der Waals surface area contributed by atoms with Crippen LogP contribution in [0.3, 0.4) is 0 Å². The van der Waals surface area contributed by atoms with Crippen molar-refractivity contribution >= 4 is 23.6 Å². The van der Waals surface area contributed by atoms with Crippen LogP contribution in [0.2, 0.25) is 0 Å². The molecule has 0 fully saturated rings. The van der Waals surface area contributed by atoms with E-state index >= 15 is 0 Å². The van der Waals surface area contributed by atoms with Crippen LogP contribution in [0.15, 0.2) is 40.6 Å². The SMILES string of the molecule is CC(=O)N[C@@H](CC(C)C)[C@H]1CC=C(P(=O)([O-])O)C[C@@H]1N.Cc1ccc(S(=O)(=O)[O-])cc1.[NH4+].[NH4+]. The van der Waals surface area contributed by atoms with Gasteiger partial charge >= 0.3 is 0 Å². The van der Waals surface area contributed by atoms with E-state index in [1.54, 1.807) is 12.1 Å². The molecule has 1 aliphatic rings. The monoisotopic (exact) mass is 510 g/mol. The smallest absolute Gasteiger partial charge is 0.217 e. The molecule has 1 aromatic carbocycles. The summed E-state index contributed by atoms with van der Waals surface area (Å²) < 4.78 is 42.3. The summed E-state index contributed by atoms with van der Waals surface area (Å²) in [6.45, 7) is 7.40. The van der Waals surface area contributed by atoms with Crippen molar-refractivity contribution in [3.8, 4) is 0 Å². The maximum absolute atomic E-state index is 11.3. The van der Waals surface area contributed by atoms with Gasteiger partial charge in [-0.3, -0.25) is 4.79 Å². The molecule has 1 amide bonds. The number of nitrogens with two attached hydrogens (primary N) is 1.